The van der Waals surface area contributed by atoms with Gasteiger partial charge in [0, 0.05) is 38.9 Å². The van der Waals surface area contributed by atoms with Crippen molar-refractivity contribution >= 4 is 23.3 Å². The van der Waals surface area contributed by atoms with Crippen LogP contribution in [0.4, 0.5) is 15.9 Å². The smallest absolute Gasteiger partial charge is 0.228 e. The highest BCUT2D eigenvalue weighted by Crippen LogP contribution is 2.32. The van der Waals surface area contributed by atoms with E-state index in [-0.39, 0.29) is 18.2 Å². The monoisotopic (exact) mass is 342 g/mol. The fraction of sp³-hybridized carbons (Fsp3) is 0.278. The van der Waals surface area contributed by atoms with Gasteiger partial charge in [0.25, 0.3) is 0 Å². The summed E-state index contributed by atoms with van der Waals surface area (Å²) in [5.41, 5.74) is 1.89. The van der Waals surface area contributed by atoms with Gasteiger partial charge in [-0.3, -0.25) is 9.59 Å². The van der Waals surface area contributed by atoms with Crippen LogP contribution in [0.5, 0.6) is 0 Å². The Morgan fingerprint density at radius 1 is 1.36 bits per heavy atom. The second-order valence-electron chi connectivity index (χ2n) is 6.17. The number of aromatic nitrogens is 1. The zero-order valence-electron chi connectivity index (χ0n) is 14.0. The van der Waals surface area contributed by atoms with Crippen molar-refractivity contribution in [3.8, 4) is 0 Å². The van der Waals surface area contributed by atoms with E-state index in [0.29, 0.717) is 17.8 Å². The van der Waals surface area contributed by atoms with Gasteiger partial charge in [0.1, 0.15) is 11.6 Å². The van der Waals surface area contributed by atoms with Gasteiger partial charge in [-0.2, -0.15) is 0 Å². The summed E-state index contributed by atoms with van der Waals surface area (Å²) >= 11 is 0. The number of carbonyl (C=O) groups is 2. The number of benzene rings is 1. The summed E-state index contributed by atoms with van der Waals surface area (Å²) in [6.07, 6.45) is 1.73. The first kappa shape index (κ1) is 16.9. The maximum absolute atomic E-state index is 13.4. The lowest BCUT2D eigenvalue weighted by Crippen LogP contribution is -2.34. The van der Waals surface area contributed by atoms with Gasteiger partial charge >= 0.3 is 0 Å². The first-order valence-corrected chi connectivity index (χ1v) is 7.93. The molecule has 2 N–H and O–H groups in total. The molecule has 0 bridgehead atoms. The molecule has 0 unspecified atom stereocenters. The molecule has 0 fully saturated rings. The standard InChI is InChI=1S/C18H19FN4O2/c1-23(2)16-7-11(5-6-20-16)10-21-18(25)14-9-17(24)22-15-8-12(19)3-4-13(14)15/h3-8,14H,9-10H2,1-2H3,(H,21,25)(H,22,24)/t14-/m0/s1. The van der Waals surface area contributed by atoms with E-state index in [0.717, 1.165) is 11.4 Å². The van der Waals surface area contributed by atoms with Gasteiger partial charge in [0.05, 0.1) is 5.92 Å². The number of hydrogen-bond donors (Lipinski definition) is 2. The number of nitrogens with one attached hydrogen (secondary N) is 2. The summed E-state index contributed by atoms with van der Waals surface area (Å²) in [7, 11) is 3.78. The Kier molecular flexibility index (Phi) is 4.65. The Morgan fingerprint density at radius 2 is 2.16 bits per heavy atom. The molecule has 1 atom stereocenters. The molecule has 6 nitrogen and oxygen atoms in total. The van der Waals surface area contributed by atoms with Crippen LogP contribution in [0.3, 0.4) is 0 Å². The van der Waals surface area contributed by atoms with E-state index in [1.165, 1.54) is 12.1 Å². The van der Waals surface area contributed by atoms with Crippen LogP contribution >= 0.6 is 0 Å². The average Bonchev–Trinajstić information content (AvgIpc) is 2.58. The summed E-state index contributed by atoms with van der Waals surface area (Å²) in [5.74, 6) is -0.833. The molecule has 2 heterocycles. The molecule has 1 aliphatic rings. The molecule has 3 rings (SSSR count). The van der Waals surface area contributed by atoms with Crippen molar-refractivity contribution in [2.45, 2.75) is 18.9 Å². The summed E-state index contributed by atoms with van der Waals surface area (Å²) in [6, 6.07) is 7.79. The Balaban J connectivity index is 1.74. The van der Waals surface area contributed by atoms with Crippen LogP contribution in [0.1, 0.15) is 23.5 Å². The quantitative estimate of drug-likeness (QED) is 0.892. The Morgan fingerprint density at radius 3 is 2.92 bits per heavy atom. The summed E-state index contributed by atoms with van der Waals surface area (Å²) < 4.78 is 13.4. The van der Waals surface area contributed by atoms with Crippen LogP contribution in [-0.4, -0.2) is 30.9 Å². The Bertz CT molecular complexity index is 822. The van der Waals surface area contributed by atoms with Crippen molar-refractivity contribution in [3.05, 3.63) is 53.5 Å². The van der Waals surface area contributed by atoms with Crippen LogP contribution < -0.4 is 15.5 Å². The van der Waals surface area contributed by atoms with E-state index in [4.69, 9.17) is 0 Å². The molecule has 1 aromatic heterocycles. The number of rotatable bonds is 4. The van der Waals surface area contributed by atoms with Crippen LogP contribution in [0.25, 0.3) is 0 Å². The SMILES string of the molecule is CN(C)c1cc(CNC(=O)[C@H]2CC(=O)Nc3cc(F)ccc32)ccn1. The lowest BCUT2D eigenvalue weighted by molar-refractivity contribution is -0.126. The molecule has 2 aromatic rings. The van der Waals surface area contributed by atoms with Crippen molar-refractivity contribution in [1.29, 1.82) is 0 Å². The van der Waals surface area contributed by atoms with Crippen LogP contribution in [-0.2, 0) is 16.1 Å². The Labute approximate surface area is 145 Å². The molecule has 1 aliphatic heterocycles. The highest BCUT2D eigenvalue weighted by molar-refractivity contribution is 6.01. The van der Waals surface area contributed by atoms with E-state index >= 15 is 0 Å². The van der Waals surface area contributed by atoms with E-state index in [2.05, 4.69) is 15.6 Å². The van der Waals surface area contributed by atoms with Crippen molar-refractivity contribution < 1.29 is 14.0 Å². The van der Waals surface area contributed by atoms with Gasteiger partial charge in [-0.1, -0.05) is 6.07 Å². The number of hydrogen-bond acceptors (Lipinski definition) is 4. The summed E-state index contributed by atoms with van der Waals surface area (Å²) in [5, 5.41) is 5.46. The van der Waals surface area contributed by atoms with Gasteiger partial charge in [-0.05, 0) is 35.4 Å². The fourth-order valence-electron chi connectivity index (χ4n) is 2.80. The van der Waals surface area contributed by atoms with E-state index in [1.807, 2.05) is 31.1 Å². The van der Waals surface area contributed by atoms with E-state index in [1.54, 1.807) is 12.3 Å². The molecular weight excluding hydrogens is 323 g/mol. The van der Waals surface area contributed by atoms with Crippen LogP contribution in [0.15, 0.2) is 36.5 Å². The predicted molar refractivity (Wildman–Crippen MR) is 92.8 cm³/mol. The zero-order valence-corrected chi connectivity index (χ0v) is 14.0. The number of nitrogens with zero attached hydrogens (tertiary/aromatic N) is 2. The van der Waals surface area contributed by atoms with E-state index in [9.17, 15) is 14.0 Å². The Hall–Kier alpha value is -2.96. The number of pyridine rings is 1. The second-order valence-corrected chi connectivity index (χ2v) is 6.17. The third-order valence-corrected chi connectivity index (χ3v) is 4.11. The van der Waals surface area contributed by atoms with Crippen LogP contribution in [0, 0.1) is 5.82 Å². The molecule has 25 heavy (non-hydrogen) atoms. The number of carbonyl (C=O) groups excluding carboxylic acids is 2. The third-order valence-electron chi connectivity index (χ3n) is 4.11. The first-order valence-electron chi connectivity index (χ1n) is 7.93. The number of halogens is 1. The molecule has 7 heteroatoms. The second kappa shape index (κ2) is 6.88. The van der Waals surface area contributed by atoms with Gasteiger partial charge < -0.3 is 15.5 Å². The largest absolute Gasteiger partial charge is 0.363 e. The van der Waals surface area contributed by atoms with E-state index < -0.39 is 11.7 Å². The third kappa shape index (κ3) is 3.76. The molecule has 0 spiro atoms. The maximum atomic E-state index is 13.4. The zero-order chi connectivity index (χ0) is 18.0. The van der Waals surface area contributed by atoms with Crippen molar-refractivity contribution in [2.24, 2.45) is 0 Å². The molecule has 2 amide bonds. The molecule has 0 radical (unpaired) electrons. The minimum Gasteiger partial charge on any atom is -0.363 e. The van der Waals surface area contributed by atoms with Crippen LogP contribution in [0.2, 0.25) is 0 Å². The number of fused-ring (bicyclic) bond motifs is 1. The van der Waals surface area contributed by atoms with Gasteiger partial charge in [-0.25, -0.2) is 9.37 Å². The highest BCUT2D eigenvalue weighted by atomic mass is 19.1. The lowest BCUT2D eigenvalue weighted by Gasteiger charge is -2.25. The minimum absolute atomic E-state index is 0.0454. The van der Waals surface area contributed by atoms with Gasteiger partial charge in [-0.15, -0.1) is 0 Å². The molecule has 1 aromatic carbocycles. The number of anilines is 2. The minimum atomic E-state index is -0.625. The van der Waals surface area contributed by atoms with Gasteiger partial charge in [0.2, 0.25) is 11.8 Å². The van der Waals surface area contributed by atoms with Gasteiger partial charge in [0.15, 0.2) is 0 Å². The molecule has 0 aliphatic carbocycles. The number of amides is 2. The molecular formula is C18H19FN4O2. The lowest BCUT2D eigenvalue weighted by atomic mass is 9.89. The maximum Gasteiger partial charge on any atom is 0.228 e. The molecule has 0 saturated heterocycles. The summed E-state index contributed by atoms with van der Waals surface area (Å²) in [4.78, 5) is 30.5. The fourth-order valence-corrected chi connectivity index (χ4v) is 2.80. The molecule has 0 saturated carbocycles. The summed E-state index contributed by atoms with van der Waals surface area (Å²) in [6.45, 7) is 0.330. The predicted octanol–water partition coefficient (Wildman–Crippen LogP) is 2.03. The van der Waals surface area contributed by atoms with Crippen molar-refractivity contribution in [1.82, 2.24) is 10.3 Å². The normalized spacial score (nSPS) is 16.0. The molecule has 130 valence electrons. The van der Waals surface area contributed by atoms with Crippen molar-refractivity contribution in [2.75, 3.05) is 24.3 Å². The average molecular weight is 342 g/mol. The van der Waals surface area contributed by atoms with Crippen molar-refractivity contribution in [3.63, 3.8) is 0 Å². The first-order chi connectivity index (χ1) is 11.9. The topological polar surface area (TPSA) is 74.3 Å². The highest BCUT2D eigenvalue weighted by Gasteiger charge is 2.30.